The molecule has 5 heteroatoms. The molecule has 1 aromatic carbocycles. The molecule has 1 aliphatic heterocycles. The first kappa shape index (κ1) is 13.9. The predicted octanol–water partition coefficient (Wildman–Crippen LogP) is 3.72. The lowest BCUT2D eigenvalue weighted by atomic mass is 10.0. The fourth-order valence-electron chi connectivity index (χ4n) is 2.96. The van der Waals surface area contributed by atoms with Crippen molar-refractivity contribution in [2.75, 3.05) is 11.9 Å². The van der Waals surface area contributed by atoms with Crippen LogP contribution in [0.25, 0.3) is 22.8 Å². The number of hydrogen-bond acceptors (Lipinski definition) is 5. The molecule has 1 aliphatic rings. The van der Waals surface area contributed by atoms with Gasteiger partial charge in [-0.15, -0.1) is 0 Å². The Morgan fingerprint density at radius 2 is 2.17 bits per heavy atom. The van der Waals surface area contributed by atoms with Crippen LogP contribution in [0.3, 0.4) is 0 Å². The summed E-state index contributed by atoms with van der Waals surface area (Å²) in [4.78, 5) is 9.01. The van der Waals surface area contributed by atoms with Crippen molar-refractivity contribution in [3.63, 3.8) is 0 Å². The lowest BCUT2D eigenvalue weighted by Crippen LogP contribution is -1.90. The van der Waals surface area contributed by atoms with Crippen molar-refractivity contribution in [3.8, 4) is 22.8 Å². The fraction of sp³-hybridized carbons (Fsp3) is 0.278. The molecule has 3 aromatic rings. The molecule has 0 saturated heterocycles. The summed E-state index contributed by atoms with van der Waals surface area (Å²) in [5.41, 5.74) is 5.41. The highest BCUT2D eigenvalue weighted by molar-refractivity contribution is 5.72. The summed E-state index contributed by atoms with van der Waals surface area (Å²) in [5.74, 6) is 1.15. The van der Waals surface area contributed by atoms with E-state index in [-0.39, 0.29) is 0 Å². The van der Waals surface area contributed by atoms with E-state index in [0.29, 0.717) is 11.7 Å². The lowest BCUT2D eigenvalue weighted by molar-refractivity contribution is 0.432. The van der Waals surface area contributed by atoms with Crippen LogP contribution in [0.4, 0.5) is 5.69 Å². The van der Waals surface area contributed by atoms with E-state index in [1.807, 2.05) is 24.3 Å². The van der Waals surface area contributed by atoms with Crippen molar-refractivity contribution in [2.45, 2.75) is 26.2 Å². The second kappa shape index (κ2) is 5.83. The zero-order valence-electron chi connectivity index (χ0n) is 13.0. The summed E-state index contributed by atoms with van der Waals surface area (Å²) in [6.45, 7) is 3.10. The average molecular weight is 306 g/mol. The van der Waals surface area contributed by atoms with Crippen LogP contribution in [0.1, 0.15) is 24.6 Å². The van der Waals surface area contributed by atoms with E-state index in [1.165, 1.54) is 11.3 Å². The van der Waals surface area contributed by atoms with E-state index >= 15 is 0 Å². The molecule has 0 fully saturated rings. The number of fused-ring (bicyclic) bond motifs is 1. The Morgan fingerprint density at radius 3 is 3.00 bits per heavy atom. The second-order valence-electron chi connectivity index (χ2n) is 5.72. The van der Waals surface area contributed by atoms with Gasteiger partial charge in [0, 0.05) is 29.7 Å². The molecule has 0 spiro atoms. The minimum Gasteiger partial charge on any atom is -0.384 e. The molecule has 0 atom stereocenters. The molecule has 0 saturated carbocycles. The van der Waals surface area contributed by atoms with E-state index in [4.69, 9.17) is 4.52 Å². The molecule has 1 N–H and O–H groups in total. The third kappa shape index (κ3) is 2.59. The van der Waals surface area contributed by atoms with Crippen LogP contribution in [-0.2, 0) is 12.8 Å². The molecule has 0 radical (unpaired) electrons. The van der Waals surface area contributed by atoms with E-state index in [9.17, 15) is 0 Å². The Balaban J connectivity index is 1.66. The number of anilines is 1. The van der Waals surface area contributed by atoms with Gasteiger partial charge in [0.1, 0.15) is 0 Å². The van der Waals surface area contributed by atoms with Gasteiger partial charge >= 0.3 is 0 Å². The minimum absolute atomic E-state index is 0.513. The average Bonchev–Trinajstić information content (AvgIpc) is 3.25. The Labute approximate surface area is 134 Å². The van der Waals surface area contributed by atoms with Crippen LogP contribution >= 0.6 is 0 Å². The summed E-state index contributed by atoms with van der Waals surface area (Å²) in [6.07, 6.45) is 4.87. The maximum absolute atomic E-state index is 5.44. The topological polar surface area (TPSA) is 63.8 Å². The Morgan fingerprint density at radius 1 is 1.22 bits per heavy atom. The zero-order chi connectivity index (χ0) is 15.6. The van der Waals surface area contributed by atoms with Gasteiger partial charge in [-0.3, -0.25) is 4.98 Å². The quantitative estimate of drug-likeness (QED) is 0.796. The van der Waals surface area contributed by atoms with Crippen molar-refractivity contribution in [3.05, 3.63) is 47.8 Å². The van der Waals surface area contributed by atoms with Gasteiger partial charge in [0.15, 0.2) is 0 Å². The van der Waals surface area contributed by atoms with Gasteiger partial charge < -0.3 is 9.84 Å². The molecule has 4 rings (SSSR count). The van der Waals surface area contributed by atoms with Crippen molar-refractivity contribution in [1.29, 1.82) is 0 Å². The largest absolute Gasteiger partial charge is 0.384 e. The third-order valence-electron chi connectivity index (χ3n) is 4.11. The minimum atomic E-state index is 0.513. The Hall–Kier alpha value is -2.69. The first-order chi connectivity index (χ1) is 11.3. The lowest BCUT2D eigenvalue weighted by Gasteiger charge is -2.02. The van der Waals surface area contributed by atoms with Gasteiger partial charge in [-0.1, -0.05) is 30.6 Å². The molecule has 23 heavy (non-hydrogen) atoms. The number of pyridine rings is 1. The third-order valence-corrected chi connectivity index (χ3v) is 4.11. The second-order valence-corrected chi connectivity index (χ2v) is 5.72. The number of aryl methyl sites for hydroxylation is 1. The molecule has 0 bridgehead atoms. The molecule has 5 nitrogen and oxygen atoms in total. The maximum atomic E-state index is 5.44. The molecule has 0 amide bonds. The van der Waals surface area contributed by atoms with E-state index in [2.05, 4.69) is 33.4 Å². The number of aromatic nitrogens is 3. The first-order valence-electron chi connectivity index (χ1n) is 8.00. The number of hydrogen-bond donors (Lipinski definition) is 1. The number of nitrogens with zero attached hydrogens (tertiary/aromatic N) is 3. The molecular formula is C18H18N4O. The Bertz CT molecular complexity index is 823. The molecule has 3 heterocycles. The summed E-state index contributed by atoms with van der Waals surface area (Å²) >= 11 is 0. The van der Waals surface area contributed by atoms with Crippen LogP contribution in [-0.4, -0.2) is 21.7 Å². The summed E-state index contributed by atoms with van der Waals surface area (Å²) in [7, 11) is 0. The molecular weight excluding hydrogens is 288 g/mol. The number of nitrogens with one attached hydrogen (secondary N) is 1. The van der Waals surface area contributed by atoms with Crippen molar-refractivity contribution in [1.82, 2.24) is 15.1 Å². The fourth-order valence-corrected chi connectivity index (χ4v) is 2.96. The molecule has 2 aromatic heterocycles. The normalized spacial score (nSPS) is 12.9. The van der Waals surface area contributed by atoms with Crippen molar-refractivity contribution >= 4 is 5.69 Å². The van der Waals surface area contributed by atoms with Crippen LogP contribution in [0.15, 0.2) is 41.1 Å². The Kier molecular flexibility index (Phi) is 3.54. The standard InChI is InChI=1S/C18H18N4O/c1-2-4-13-8-7-12(11-20-13)18-21-17(22-23-18)15-5-3-6-16-14(15)9-10-19-16/h3,5-8,11,19H,2,4,9-10H2,1H3. The van der Waals surface area contributed by atoms with Crippen LogP contribution < -0.4 is 5.32 Å². The van der Waals surface area contributed by atoms with Gasteiger partial charge in [-0.2, -0.15) is 4.98 Å². The smallest absolute Gasteiger partial charge is 0.259 e. The van der Waals surface area contributed by atoms with Crippen LogP contribution in [0.5, 0.6) is 0 Å². The monoisotopic (exact) mass is 306 g/mol. The molecule has 116 valence electrons. The van der Waals surface area contributed by atoms with Gasteiger partial charge in [0.25, 0.3) is 5.89 Å². The highest BCUT2D eigenvalue weighted by Crippen LogP contribution is 2.32. The van der Waals surface area contributed by atoms with Gasteiger partial charge in [-0.05, 0) is 36.6 Å². The first-order valence-corrected chi connectivity index (χ1v) is 8.00. The maximum Gasteiger partial charge on any atom is 0.259 e. The van der Waals surface area contributed by atoms with Crippen molar-refractivity contribution in [2.24, 2.45) is 0 Å². The van der Waals surface area contributed by atoms with E-state index < -0.39 is 0 Å². The number of rotatable bonds is 4. The molecule has 0 aliphatic carbocycles. The van der Waals surface area contributed by atoms with E-state index in [1.54, 1.807) is 6.20 Å². The SMILES string of the molecule is CCCc1ccc(-c2nc(-c3cccc4c3CCN4)no2)cn1. The summed E-state index contributed by atoms with van der Waals surface area (Å²) in [6, 6.07) is 10.2. The summed E-state index contributed by atoms with van der Waals surface area (Å²) in [5, 5.41) is 7.53. The zero-order valence-corrected chi connectivity index (χ0v) is 13.0. The van der Waals surface area contributed by atoms with Crippen LogP contribution in [0.2, 0.25) is 0 Å². The number of benzene rings is 1. The summed E-state index contributed by atoms with van der Waals surface area (Å²) < 4.78 is 5.44. The highest BCUT2D eigenvalue weighted by Gasteiger charge is 2.19. The van der Waals surface area contributed by atoms with Gasteiger partial charge in [0.05, 0.1) is 5.56 Å². The highest BCUT2D eigenvalue weighted by atomic mass is 16.5. The van der Waals surface area contributed by atoms with Crippen molar-refractivity contribution < 1.29 is 4.52 Å². The van der Waals surface area contributed by atoms with Gasteiger partial charge in [-0.25, -0.2) is 0 Å². The van der Waals surface area contributed by atoms with Gasteiger partial charge in [0.2, 0.25) is 5.82 Å². The van der Waals surface area contributed by atoms with Crippen LogP contribution in [0, 0.1) is 0 Å². The van der Waals surface area contributed by atoms with E-state index in [0.717, 1.165) is 42.6 Å². The predicted molar refractivity (Wildman–Crippen MR) is 89.2 cm³/mol. The molecule has 0 unspecified atom stereocenters.